The zero-order valence-electron chi connectivity index (χ0n) is 25.8. The lowest BCUT2D eigenvalue weighted by molar-refractivity contribution is -0.131. The number of hydrogen-bond donors (Lipinski definition) is 5. The van der Waals surface area contributed by atoms with Crippen molar-refractivity contribution in [3.05, 3.63) is 71.7 Å². The molecule has 0 spiro atoms. The second-order valence-electron chi connectivity index (χ2n) is 11.7. The zero-order chi connectivity index (χ0) is 32.9. The van der Waals surface area contributed by atoms with Crippen LogP contribution in [0, 0.1) is 5.92 Å². The lowest BCUT2D eigenvalue weighted by Crippen LogP contribution is -2.49. The van der Waals surface area contributed by atoms with Crippen molar-refractivity contribution >= 4 is 35.4 Å². The van der Waals surface area contributed by atoms with Crippen molar-refractivity contribution in [2.45, 2.75) is 70.0 Å². The van der Waals surface area contributed by atoms with Gasteiger partial charge in [0.15, 0.2) is 0 Å². The maximum absolute atomic E-state index is 13.4. The third-order valence-electron chi connectivity index (χ3n) is 8.14. The molecule has 1 saturated heterocycles. The Hall–Kier alpha value is -4.94. The fourth-order valence-electron chi connectivity index (χ4n) is 5.69. The van der Waals surface area contributed by atoms with E-state index in [0.717, 1.165) is 6.42 Å². The monoisotopic (exact) mass is 634 g/mol. The summed E-state index contributed by atoms with van der Waals surface area (Å²) < 4.78 is 5.44. The van der Waals surface area contributed by atoms with E-state index in [-0.39, 0.29) is 43.5 Å². The van der Waals surface area contributed by atoms with E-state index in [0.29, 0.717) is 62.2 Å². The van der Waals surface area contributed by atoms with Crippen LogP contribution in [0.3, 0.4) is 0 Å². The van der Waals surface area contributed by atoms with E-state index in [9.17, 15) is 28.8 Å². The number of fused-ring (bicyclic) bond motifs is 3. The van der Waals surface area contributed by atoms with Crippen LogP contribution in [0.15, 0.2) is 59.2 Å². The lowest BCUT2D eigenvalue weighted by atomic mass is 9.94. The molecule has 2 aliphatic rings. The Morgan fingerprint density at radius 3 is 2.46 bits per heavy atom. The lowest BCUT2D eigenvalue weighted by Gasteiger charge is -2.32. The SMILES string of the molecule is NC(=O)[C@@H]1CCCCNC(=O)/C=C/C(=O)N2CCC[C@H](CC(=O)N[C@@H](Cc3ccco3)C(=O)NCc3ccccc3CC(=O)N1)C2. The maximum atomic E-state index is 13.4. The van der Waals surface area contributed by atoms with Gasteiger partial charge in [-0.15, -0.1) is 0 Å². The van der Waals surface area contributed by atoms with E-state index < -0.39 is 35.7 Å². The molecule has 6 amide bonds. The number of primary amides is 1. The number of furan rings is 1. The topological polar surface area (TPSA) is 193 Å². The first-order valence-corrected chi connectivity index (χ1v) is 15.7. The number of nitrogens with zero attached hydrogens (tertiary/aromatic N) is 1. The fourth-order valence-corrected chi connectivity index (χ4v) is 5.69. The van der Waals surface area contributed by atoms with Crippen LogP contribution in [0.5, 0.6) is 0 Å². The molecular formula is C33H42N6O7. The van der Waals surface area contributed by atoms with Crippen molar-refractivity contribution in [2.75, 3.05) is 19.6 Å². The summed E-state index contributed by atoms with van der Waals surface area (Å²) in [7, 11) is 0. The highest BCUT2D eigenvalue weighted by Crippen LogP contribution is 2.20. The molecule has 1 fully saturated rings. The molecule has 4 rings (SSSR count). The summed E-state index contributed by atoms with van der Waals surface area (Å²) in [5.41, 5.74) is 6.90. The minimum atomic E-state index is -0.928. The van der Waals surface area contributed by atoms with Crippen molar-refractivity contribution in [3.8, 4) is 0 Å². The molecule has 3 atom stereocenters. The highest BCUT2D eigenvalue weighted by molar-refractivity contribution is 5.96. The minimum absolute atomic E-state index is 0.0398. The average molecular weight is 635 g/mol. The Bertz CT molecular complexity index is 1420. The third kappa shape index (κ3) is 10.6. The van der Waals surface area contributed by atoms with E-state index >= 15 is 0 Å². The quantitative estimate of drug-likeness (QED) is 0.327. The Morgan fingerprint density at radius 2 is 1.70 bits per heavy atom. The summed E-state index contributed by atoms with van der Waals surface area (Å²) in [5, 5.41) is 11.1. The predicted octanol–water partition coefficient (Wildman–Crippen LogP) is 0.621. The summed E-state index contributed by atoms with van der Waals surface area (Å²) in [5.74, 6) is -2.15. The molecule has 3 heterocycles. The molecule has 0 aliphatic carbocycles. The van der Waals surface area contributed by atoms with E-state index in [1.807, 2.05) is 0 Å². The first-order chi connectivity index (χ1) is 22.2. The summed E-state index contributed by atoms with van der Waals surface area (Å²) in [6.45, 7) is 1.30. The Morgan fingerprint density at radius 1 is 0.891 bits per heavy atom. The molecule has 46 heavy (non-hydrogen) atoms. The van der Waals surface area contributed by atoms with Crippen LogP contribution < -0.4 is 27.0 Å². The summed E-state index contributed by atoms with van der Waals surface area (Å²) in [6, 6.07) is 8.74. The van der Waals surface area contributed by atoms with E-state index in [1.54, 1.807) is 41.3 Å². The van der Waals surface area contributed by atoms with Gasteiger partial charge in [0.2, 0.25) is 35.4 Å². The number of nitrogens with two attached hydrogens (primary N) is 1. The van der Waals surface area contributed by atoms with Gasteiger partial charge in [0.25, 0.3) is 0 Å². The largest absolute Gasteiger partial charge is 0.469 e. The molecule has 13 nitrogen and oxygen atoms in total. The van der Waals surface area contributed by atoms with Gasteiger partial charge < -0.3 is 36.3 Å². The van der Waals surface area contributed by atoms with Crippen LogP contribution in [0.4, 0.5) is 0 Å². The summed E-state index contributed by atoms with van der Waals surface area (Å²) in [4.78, 5) is 78.2. The number of carbonyl (C=O) groups is 6. The van der Waals surface area contributed by atoms with Gasteiger partial charge in [0.1, 0.15) is 17.8 Å². The number of piperidine rings is 1. The van der Waals surface area contributed by atoms with Crippen LogP contribution in [-0.4, -0.2) is 72.1 Å². The second-order valence-corrected chi connectivity index (χ2v) is 11.7. The molecule has 246 valence electrons. The van der Waals surface area contributed by atoms with Crippen molar-refractivity contribution in [2.24, 2.45) is 11.7 Å². The number of hydrogen-bond acceptors (Lipinski definition) is 7. The van der Waals surface area contributed by atoms with Gasteiger partial charge in [0.05, 0.1) is 12.7 Å². The first kappa shape index (κ1) is 33.9. The number of amides is 6. The molecule has 0 unspecified atom stereocenters. The van der Waals surface area contributed by atoms with Crippen molar-refractivity contribution in [3.63, 3.8) is 0 Å². The average Bonchev–Trinajstić information content (AvgIpc) is 3.55. The standard InChI is InChI=1S/C33H42N6O7/c34-32(44)26-11-3-4-14-35-28(40)12-13-31(43)39-15-5-7-22(21-39)17-29(41)38-27(19-25-10-6-16-46-25)33(45)36-20-24-9-2-1-8-23(24)18-30(42)37-26/h1-2,6,8-10,12-13,16,22,26-27H,3-5,7,11,14-15,17-21H2,(H2,34,44)(H,35,40)(H,36,45)(H,37,42)(H,38,41)/b13-12+/t22-,26+,27+/m1/s1. The van der Waals surface area contributed by atoms with Gasteiger partial charge in [-0.05, 0) is 61.3 Å². The van der Waals surface area contributed by atoms with Crippen molar-refractivity contribution in [1.29, 1.82) is 0 Å². The molecule has 1 aromatic heterocycles. The molecule has 0 radical (unpaired) electrons. The normalized spacial score (nSPS) is 23.8. The molecular weight excluding hydrogens is 592 g/mol. The van der Waals surface area contributed by atoms with Gasteiger partial charge in [-0.1, -0.05) is 24.3 Å². The first-order valence-electron chi connectivity index (χ1n) is 15.7. The van der Waals surface area contributed by atoms with Crippen LogP contribution >= 0.6 is 0 Å². The highest BCUT2D eigenvalue weighted by atomic mass is 16.3. The molecule has 6 N–H and O–H groups in total. The van der Waals surface area contributed by atoms with Crippen LogP contribution in [-0.2, 0) is 48.2 Å². The van der Waals surface area contributed by atoms with Gasteiger partial charge >= 0.3 is 0 Å². The third-order valence-corrected chi connectivity index (χ3v) is 8.14. The van der Waals surface area contributed by atoms with Crippen LogP contribution in [0.25, 0.3) is 0 Å². The summed E-state index contributed by atoms with van der Waals surface area (Å²) >= 11 is 0. The van der Waals surface area contributed by atoms with Gasteiger partial charge in [-0.3, -0.25) is 28.8 Å². The van der Waals surface area contributed by atoms with Crippen LogP contribution in [0.1, 0.15) is 55.4 Å². The van der Waals surface area contributed by atoms with Crippen LogP contribution in [0.2, 0.25) is 0 Å². The number of rotatable bonds is 3. The molecule has 2 aromatic rings. The zero-order valence-corrected chi connectivity index (χ0v) is 25.8. The van der Waals surface area contributed by atoms with Gasteiger partial charge in [-0.25, -0.2) is 0 Å². The van der Waals surface area contributed by atoms with E-state index in [2.05, 4.69) is 21.3 Å². The molecule has 2 aliphatic heterocycles. The second kappa shape index (κ2) is 16.9. The smallest absolute Gasteiger partial charge is 0.246 e. The van der Waals surface area contributed by atoms with Crippen molar-refractivity contribution in [1.82, 2.24) is 26.2 Å². The molecule has 1 aromatic carbocycles. The van der Waals surface area contributed by atoms with Crippen molar-refractivity contribution < 1.29 is 33.2 Å². The number of nitrogens with one attached hydrogen (secondary N) is 4. The molecule has 13 heteroatoms. The minimum Gasteiger partial charge on any atom is -0.469 e. The Labute approximate surface area is 267 Å². The van der Waals surface area contributed by atoms with E-state index in [4.69, 9.17) is 10.2 Å². The maximum Gasteiger partial charge on any atom is 0.246 e. The van der Waals surface area contributed by atoms with Gasteiger partial charge in [-0.2, -0.15) is 0 Å². The summed E-state index contributed by atoms with van der Waals surface area (Å²) in [6.07, 6.45) is 6.91. The number of benzene rings is 1. The van der Waals surface area contributed by atoms with Gasteiger partial charge in [0, 0.05) is 51.2 Å². The fraction of sp³-hybridized carbons (Fsp3) is 0.455. The Kier molecular flexibility index (Phi) is 12.5. The number of carbonyl (C=O) groups excluding carboxylic acids is 6. The Balaban J connectivity index is 1.52. The predicted molar refractivity (Wildman–Crippen MR) is 167 cm³/mol. The van der Waals surface area contributed by atoms with E-state index in [1.165, 1.54) is 18.4 Å². The molecule has 0 saturated carbocycles. The molecule has 2 bridgehead atoms. The highest BCUT2D eigenvalue weighted by Gasteiger charge is 2.28.